The van der Waals surface area contributed by atoms with Gasteiger partial charge in [0.25, 0.3) is 5.56 Å². The van der Waals surface area contributed by atoms with Crippen molar-refractivity contribution in [3.8, 4) is 11.8 Å². The molecule has 5 rings (SSSR count). The quantitative estimate of drug-likeness (QED) is 0.316. The number of aromatic nitrogens is 4. The number of piperazine rings is 1. The Bertz CT molecular complexity index is 1610. The van der Waals surface area contributed by atoms with Gasteiger partial charge in [0.05, 0.1) is 27.1 Å². The molecule has 0 aliphatic carbocycles. The molecule has 9 heteroatoms. The third-order valence-corrected chi connectivity index (χ3v) is 8.87. The standard InChI is InChI=1S/C29H35FN6OS/c1-7-10-13-34-17-24-28(32-34)23(14-26(37)33(24)6)36-16-20(8-2)35(15-21(36)9-3)18(4)22-11-12-25-29(27(22)30)31-19(5)38-25/h11-12,14,17-18,20-21H,8-9,13,15-16H2,1-6H3/t18-,20+,21-/m0/s1. The van der Waals surface area contributed by atoms with E-state index in [2.05, 4.69) is 47.4 Å². The Kier molecular flexibility index (Phi) is 7.30. The predicted molar refractivity (Wildman–Crippen MR) is 153 cm³/mol. The van der Waals surface area contributed by atoms with Crippen LogP contribution in [0.5, 0.6) is 0 Å². The minimum absolute atomic E-state index is 0.0544. The molecule has 1 aliphatic rings. The van der Waals surface area contributed by atoms with Crippen LogP contribution in [-0.2, 0) is 13.6 Å². The summed E-state index contributed by atoms with van der Waals surface area (Å²) in [7, 11) is 1.78. The molecule has 0 bridgehead atoms. The summed E-state index contributed by atoms with van der Waals surface area (Å²) in [6.07, 6.45) is 3.71. The first-order chi connectivity index (χ1) is 18.3. The van der Waals surface area contributed by atoms with Gasteiger partial charge in [-0.1, -0.05) is 25.8 Å². The first-order valence-corrected chi connectivity index (χ1v) is 14.1. The second kappa shape index (κ2) is 10.5. The summed E-state index contributed by atoms with van der Waals surface area (Å²) in [5.41, 5.74) is 3.60. The fourth-order valence-corrected chi connectivity index (χ4v) is 6.57. The molecule has 1 saturated heterocycles. The third-order valence-electron chi connectivity index (χ3n) is 7.93. The van der Waals surface area contributed by atoms with Crippen molar-refractivity contribution in [3.63, 3.8) is 0 Å². The molecule has 0 radical (unpaired) electrons. The molecule has 4 aromatic rings. The highest BCUT2D eigenvalue weighted by Crippen LogP contribution is 2.36. The highest BCUT2D eigenvalue weighted by Gasteiger charge is 2.37. The number of benzene rings is 1. The van der Waals surface area contributed by atoms with Gasteiger partial charge in [0, 0.05) is 49.9 Å². The average molecular weight is 535 g/mol. The van der Waals surface area contributed by atoms with Crippen LogP contribution in [-0.4, -0.2) is 49.4 Å². The van der Waals surface area contributed by atoms with Crippen LogP contribution in [0.25, 0.3) is 21.3 Å². The van der Waals surface area contributed by atoms with Gasteiger partial charge in [-0.3, -0.25) is 14.4 Å². The largest absolute Gasteiger partial charge is 0.364 e. The molecule has 1 fully saturated rings. The molecular formula is C29H35FN6OS. The van der Waals surface area contributed by atoms with E-state index in [0.717, 1.165) is 52.4 Å². The van der Waals surface area contributed by atoms with E-state index in [1.165, 1.54) is 11.3 Å². The molecule has 3 atom stereocenters. The van der Waals surface area contributed by atoms with Crippen LogP contribution >= 0.6 is 11.3 Å². The SMILES string of the molecule is CC#CCn1cc2c(n1)c(N1C[C@@H](CC)N([C@@H](C)c3ccc4sc(C)nc4c3F)C[C@@H]1CC)cc(=O)n2C. The second-order valence-corrected chi connectivity index (χ2v) is 11.3. The number of hydrogen-bond acceptors (Lipinski definition) is 6. The van der Waals surface area contributed by atoms with Gasteiger partial charge in [0.15, 0.2) is 5.82 Å². The van der Waals surface area contributed by atoms with Crippen molar-refractivity contribution in [2.75, 3.05) is 18.0 Å². The van der Waals surface area contributed by atoms with Crippen molar-refractivity contribution in [2.24, 2.45) is 7.05 Å². The highest BCUT2D eigenvalue weighted by molar-refractivity contribution is 7.18. The first kappa shape index (κ1) is 26.4. The number of fused-ring (bicyclic) bond motifs is 2. The molecule has 38 heavy (non-hydrogen) atoms. The van der Waals surface area contributed by atoms with Crippen molar-refractivity contribution in [1.82, 2.24) is 24.2 Å². The van der Waals surface area contributed by atoms with Gasteiger partial charge in [-0.15, -0.1) is 17.3 Å². The Morgan fingerprint density at radius 3 is 2.66 bits per heavy atom. The van der Waals surface area contributed by atoms with Crippen LogP contribution in [0.2, 0.25) is 0 Å². The summed E-state index contributed by atoms with van der Waals surface area (Å²) in [6.45, 7) is 12.2. The van der Waals surface area contributed by atoms with Crippen LogP contribution in [0.1, 0.15) is 57.1 Å². The maximum absolute atomic E-state index is 15.6. The van der Waals surface area contributed by atoms with Gasteiger partial charge >= 0.3 is 0 Å². The summed E-state index contributed by atoms with van der Waals surface area (Å²) in [6, 6.07) is 5.89. The Labute approximate surface area is 226 Å². The van der Waals surface area contributed by atoms with Gasteiger partial charge in [0.1, 0.15) is 17.6 Å². The molecule has 3 aromatic heterocycles. The zero-order valence-corrected chi connectivity index (χ0v) is 23.8. The van der Waals surface area contributed by atoms with E-state index in [-0.39, 0.29) is 29.5 Å². The number of hydrogen-bond donors (Lipinski definition) is 0. The fraction of sp³-hybridized carbons (Fsp3) is 0.483. The Morgan fingerprint density at radius 2 is 1.95 bits per heavy atom. The third kappa shape index (κ3) is 4.50. The van der Waals surface area contributed by atoms with Crippen molar-refractivity contribution in [2.45, 2.75) is 72.1 Å². The Morgan fingerprint density at radius 1 is 1.18 bits per heavy atom. The van der Waals surface area contributed by atoms with Crippen molar-refractivity contribution < 1.29 is 4.39 Å². The lowest BCUT2D eigenvalue weighted by atomic mass is 9.96. The molecule has 1 aliphatic heterocycles. The average Bonchev–Trinajstić information content (AvgIpc) is 3.52. The summed E-state index contributed by atoms with van der Waals surface area (Å²) in [5.74, 6) is 5.76. The van der Waals surface area contributed by atoms with Crippen molar-refractivity contribution in [3.05, 3.63) is 51.1 Å². The normalized spacial score (nSPS) is 19.2. The number of pyridine rings is 1. The van der Waals surface area contributed by atoms with E-state index < -0.39 is 0 Å². The van der Waals surface area contributed by atoms with Crippen LogP contribution in [0, 0.1) is 24.6 Å². The molecule has 0 unspecified atom stereocenters. The summed E-state index contributed by atoms with van der Waals surface area (Å²) in [4.78, 5) is 22.2. The molecule has 4 heterocycles. The Balaban J connectivity index is 1.52. The van der Waals surface area contributed by atoms with Gasteiger partial charge < -0.3 is 9.47 Å². The molecule has 0 spiro atoms. The molecule has 7 nitrogen and oxygen atoms in total. The lowest BCUT2D eigenvalue weighted by Gasteiger charge is -2.49. The van der Waals surface area contributed by atoms with Gasteiger partial charge in [-0.2, -0.15) is 5.10 Å². The van der Waals surface area contributed by atoms with Crippen LogP contribution in [0.15, 0.2) is 29.2 Å². The molecule has 0 saturated carbocycles. The maximum Gasteiger partial charge on any atom is 0.252 e. The lowest BCUT2D eigenvalue weighted by molar-refractivity contribution is 0.0995. The zero-order chi connectivity index (χ0) is 27.1. The van der Waals surface area contributed by atoms with Crippen LogP contribution in [0.3, 0.4) is 0 Å². The van der Waals surface area contributed by atoms with Crippen molar-refractivity contribution in [1.29, 1.82) is 0 Å². The number of anilines is 1. The van der Waals surface area contributed by atoms with E-state index in [9.17, 15) is 4.79 Å². The van der Waals surface area contributed by atoms with Crippen LogP contribution in [0.4, 0.5) is 10.1 Å². The van der Waals surface area contributed by atoms with E-state index in [1.807, 2.05) is 32.2 Å². The van der Waals surface area contributed by atoms with E-state index in [0.29, 0.717) is 17.6 Å². The van der Waals surface area contributed by atoms with Gasteiger partial charge in [-0.25, -0.2) is 9.37 Å². The van der Waals surface area contributed by atoms with E-state index >= 15 is 4.39 Å². The molecular weight excluding hydrogens is 499 g/mol. The Hall–Kier alpha value is -3.22. The monoisotopic (exact) mass is 534 g/mol. The second-order valence-electron chi connectivity index (χ2n) is 10.1. The topological polar surface area (TPSA) is 59.2 Å². The van der Waals surface area contributed by atoms with E-state index in [4.69, 9.17) is 5.10 Å². The number of rotatable bonds is 6. The molecule has 0 N–H and O–H groups in total. The molecule has 1 aromatic carbocycles. The van der Waals surface area contributed by atoms with Crippen molar-refractivity contribution >= 4 is 38.3 Å². The van der Waals surface area contributed by atoms with Gasteiger partial charge in [-0.05, 0) is 39.7 Å². The number of thiazole rings is 1. The molecule has 200 valence electrons. The lowest BCUT2D eigenvalue weighted by Crippen LogP contribution is -2.59. The minimum Gasteiger partial charge on any atom is -0.364 e. The molecule has 0 amide bonds. The first-order valence-electron chi connectivity index (χ1n) is 13.3. The number of halogens is 1. The van der Waals surface area contributed by atoms with Crippen LogP contribution < -0.4 is 10.5 Å². The summed E-state index contributed by atoms with van der Waals surface area (Å²) < 4.78 is 20.0. The number of nitrogens with zero attached hydrogens (tertiary/aromatic N) is 6. The van der Waals surface area contributed by atoms with E-state index in [1.54, 1.807) is 22.4 Å². The zero-order valence-electron chi connectivity index (χ0n) is 23.0. The fourth-order valence-electron chi connectivity index (χ4n) is 5.74. The highest BCUT2D eigenvalue weighted by atomic mass is 32.1. The summed E-state index contributed by atoms with van der Waals surface area (Å²) in [5, 5.41) is 5.71. The smallest absolute Gasteiger partial charge is 0.252 e. The number of aryl methyl sites for hydroxylation is 2. The van der Waals surface area contributed by atoms with Gasteiger partial charge in [0.2, 0.25) is 0 Å². The predicted octanol–water partition coefficient (Wildman–Crippen LogP) is 5.26. The summed E-state index contributed by atoms with van der Waals surface area (Å²) >= 11 is 1.52. The maximum atomic E-state index is 15.6. The minimum atomic E-state index is -0.210.